The van der Waals surface area contributed by atoms with Crippen molar-refractivity contribution >= 4 is 11.6 Å². The molecule has 1 aliphatic rings. The van der Waals surface area contributed by atoms with Crippen LogP contribution in [0.2, 0.25) is 5.02 Å². The van der Waals surface area contributed by atoms with Crippen LogP contribution < -0.4 is 0 Å². The van der Waals surface area contributed by atoms with Gasteiger partial charge in [0.2, 0.25) is 0 Å². The fourth-order valence-corrected chi connectivity index (χ4v) is 2.83. The van der Waals surface area contributed by atoms with Crippen LogP contribution in [0.25, 0.3) is 0 Å². The summed E-state index contributed by atoms with van der Waals surface area (Å²) in [5, 5.41) is 11.0. The summed E-state index contributed by atoms with van der Waals surface area (Å²) in [6, 6.07) is 4.71. The van der Waals surface area contributed by atoms with Crippen molar-refractivity contribution in [1.82, 2.24) is 4.90 Å². The minimum absolute atomic E-state index is 0.340. The fraction of sp³-hybridized carbons (Fsp3) is 0.571. The van der Waals surface area contributed by atoms with Gasteiger partial charge in [-0.25, -0.2) is 4.39 Å². The molecule has 4 heteroatoms. The molecular formula is C14H19ClFNO. The molecule has 18 heavy (non-hydrogen) atoms. The van der Waals surface area contributed by atoms with E-state index in [0.29, 0.717) is 17.5 Å². The zero-order valence-corrected chi connectivity index (χ0v) is 11.5. The van der Waals surface area contributed by atoms with Gasteiger partial charge in [-0.05, 0) is 44.5 Å². The predicted octanol–water partition coefficient (Wildman–Crippen LogP) is 2.87. The lowest BCUT2D eigenvalue weighted by molar-refractivity contribution is -0.0353. The fourth-order valence-electron chi connectivity index (χ4n) is 2.59. The van der Waals surface area contributed by atoms with E-state index in [4.69, 9.17) is 11.6 Å². The van der Waals surface area contributed by atoms with E-state index in [9.17, 15) is 9.50 Å². The number of aliphatic hydroxyl groups is 1. The summed E-state index contributed by atoms with van der Waals surface area (Å²) in [4.78, 5) is 2.24. The third-order valence-corrected chi connectivity index (χ3v) is 4.24. The molecule has 0 aromatic heterocycles. The van der Waals surface area contributed by atoms with Gasteiger partial charge < -0.3 is 10.0 Å². The Hall–Kier alpha value is -0.640. The normalized spacial score (nSPS) is 29.5. The van der Waals surface area contributed by atoms with Crippen molar-refractivity contribution in [3.05, 3.63) is 34.6 Å². The molecule has 0 aliphatic carbocycles. The minimum atomic E-state index is -0.729. The Morgan fingerprint density at radius 1 is 1.56 bits per heavy atom. The average Bonchev–Trinajstić information content (AvgIpc) is 2.28. The molecule has 2 rings (SSSR count). The molecule has 0 bridgehead atoms. The van der Waals surface area contributed by atoms with Crippen LogP contribution in [-0.4, -0.2) is 35.2 Å². The molecule has 1 fully saturated rings. The summed E-state index contributed by atoms with van der Waals surface area (Å²) in [6.45, 7) is 2.98. The number of rotatable bonds is 2. The van der Waals surface area contributed by atoms with Gasteiger partial charge in [0.15, 0.2) is 0 Å². The molecule has 1 saturated heterocycles. The Morgan fingerprint density at radius 3 is 2.89 bits per heavy atom. The predicted molar refractivity (Wildman–Crippen MR) is 71.4 cm³/mol. The molecule has 1 aromatic carbocycles. The molecule has 0 radical (unpaired) electrons. The molecule has 1 aliphatic heterocycles. The summed E-state index contributed by atoms with van der Waals surface area (Å²) in [5.41, 5.74) is 0.0882. The summed E-state index contributed by atoms with van der Waals surface area (Å²) in [7, 11) is 2.06. The molecule has 2 unspecified atom stereocenters. The zero-order chi connectivity index (χ0) is 13.3. The van der Waals surface area contributed by atoms with Crippen LogP contribution in [0.5, 0.6) is 0 Å². The molecule has 2 nitrogen and oxygen atoms in total. The quantitative estimate of drug-likeness (QED) is 0.894. The van der Waals surface area contributed by atoms with Crippen LogP contribution >= 0.6 is 11.6 Å². The lowest BCUT2D eigenvalue weighted by Crippen LogP contribution is -2.48. The molecule has 2 atom stereocenters. The van der Waals surface area contributed by atoms with Crippen LogP contribution in [0.3, 0.4) is 0 Å². The lowest BCUT2D eigenvalue weighted by atomic mass is 9.82. The number of nitrogens with zero attached hydrogens (tertiary/aromatic N) is 1. The first kappa shape index (κ1) is 13.8. The van der Waals surface area contributed by atoms with Crippen molar-refractivity contribution in [2.75, 3.05) is 13.6 Å². The minimum Gasteiger partial charge on any atom is -0.389 e. The van der Waals surface area contributed by atoms with Gasteiger partial charge in [0, 0.05) is 24.0 Å². The number of hydrogen-bond acceptors (Lipinski definition) is 2. The lowest BCUT2D eigenvalue weighted by Gasteiger charge is -2.41. The second kappa shape index (κ2) is 5.16. The largest absolute Gasteiger partial charge is 0.389 e. The van der Waals surface area contributed by atoms with Crippen LogP contribution in [0.4, 0.5) is 4.39 Å². The van der Waals surface area contributed by atoms with Gasteiger partial charge in [0.1, 0.15) is 5.82 Å². The summed E-state index contributed by atoms with van der Waals surface area (Å²) in [5.74, 6) is -0.340. The highest BCUT2D eigenvalue weighted by molar-refractivity contribution is 6.31. The van der Waals surface area contributed by atoms with Gasteiger partial charge in [0.05, 0.1) is 5.60 Å². The van der Waals surface area contributed by atoms with Crippen molar-refractivity contribution in [2.24, 2.45) is 0 Å². The van der Waals surface area contributed by atoms with E-state index >= 15 is 0 Å². The van der Waals surface area contributed by atoms with Crippen LogP contribution in [-0.2, 0) is 6.42 Å². The van der Waals surface area contributed by atoms with Gasteiger partial charge in [-0.1, -0.05) is 17.7 Å². The molecule has 0 spiro atoms. The Balaban J connectivity index is 2.13. The summed E-state index contributed by atoms with van der Waals surface area (Å²) < 4.78 is 13.0. The highest BCUT2D eigenvalue weighted by Gasteiger charge is 2.35. The van der Waals surface area contributed by atoms with E-state index < -0.39 is 5.60 Å². The standard InChI is InChI=1S/C14H19ClFNO/c1-10-8-14(18,5-6-17(10)2)9-11-3-4-12(16)7-13(11)15/h3-4,7,10,18H,5-6,8-9H2,1-2H3. The monoisotopic (exact) mass is 271 g/mol. The van der Waals surface area contributed by atoms with Gasteiger partial charge in [0.25, 0.3) is 0 Å². The topological polar surface area (TPSA) is 23.5 Å². The highest BCUT2D eigenvalue weighted by atomic mass is 35.5. The maximum absolute atomic E-state index is 13.0. The molecule has 1 heterocycles. The zero-order valence-electron chi connectivity index (χ0n) is 10.8. The molecule has 0 saturated carbocycles. The van der Waals surface area contributed by atoms with E-state index in [1.807, 2.05) is 0 Å². The third kappa shape index (κ3) is 3.02. The van der Waals surface area contributed by atoms with Crippen molar-refractivity contribution in [1.29, 1.82) is 0 Å². The first-order valence-corrected chi connectivity index (χ1v) is 6.64. The third-order valence-electron chi connectivity index (χ3n) is 3.89. The van der Waals surface area contributed by atoms with Crippen LogP contribution in [0.15, 0.2) is 18.2 Å². The van der Waals surface area contributed by atoms with E-state index in [-0.39, 0.29) is 5.82 Å². The smallest absolute Gasteiger partial charge is 0.124 e. The maximum atomic E-state index is 13.0. The average molecular weight is 272 g/mol. The van der Waals surface area contributed by atoms with Crippen molar-refractivity contribution in [2.45, 2.75) is 37.8 Å². The first-order chi connectivity index (χ1) is 8.39. The molecule has 0 amide bonds. The first-order valence-electron chi connectivity index (χ1n) is 6.26. The molecule has 1 N–H and O–H groups in total. The van der Waals surface area contributed by atoms with Gasteiger partial charge >= 0.3 is 0 Å². The van der Waals surface area contributed by atoms with Crippen LogP contribution in [0.1, 0.15) is 25.3 Å². The number of piperidine rings is 1. The summed E-state index contributed by atoms with van der Waals surface area (Å²) >= 11 is 6.01. The number of benzene rings is 1. The highest BCUT2D eigenvalue weighted by Crippen LogP contribution is 2.31. The van der Waals surface area contributed by atoms with Crippen molar-refractivity contribution in [3.8, 4) is 0 Å². The van der Waals surface area contributed by atoms with Gasteiger partial charge in [-0.15, -0.1) is 0 Å². The molecule has 100 valence electrons. The Bertz CT molecular complexity index is 440. The second-order valence-corrected chi connectivity index (χ2v) is 5.83. The van der Waals surface area contributed by atoms with E-state index in [1.165, 1.54) is 12.1 Å². The van der Waals surface area contributed by atoms with E-state index in [1.54, 1.807) is 6.07 Å². The number of likely N-dealkylation sites (tertiary alicyclic amines) is 1. The Kier molecular flexibility index (Phi) is 3.95. The Morgan fingerprint density at radius 2 is 2.28 bits per heavy atom. The van der Waals surface area contributed by atoms with Gasteiger partial charge in [-0.3, -0.25) is 0 Å². The van der Waals surface area contributed by atoms with Gasteiger partial charge in [-0.2, -0.15) is 0 Å². The van der Waals surface area contributed by atoms with Crippen molar-refractivity contribution < 1.29 is 9.50 Å². The van der Waals surface area contributed by atoms with E-state index in [0.717, 1.165) is 24.9 Å². The maximum Gasteiger partial charge on any atom is 0.124 e. The second-order valence-electron chi connectivity index (χ2n) is 5.42. The van der Waals surface area contributed by atoms with Crippen LogP contribution in [0, 0.1) is 5.82 Å². The number of hydrogen-bond donors (Lipinski definition) is 1. The number of halogens is 2. The Labute approximate surface area is 112 Å². The summed E-state index contributed by atoms with van der Waals surface area (Å²) in [6.07, 6.45) is 1.93. The molecular weight excluding hydrogens is 253 g/mol. The van der Waals surface area contributed by atoms with Crippen molar-refractivity contribution in [3.63, 3.8) is 0 Å². The van der Waals surface area contributed by atoms with E-state index in [2.05, 4.69) is 18.9 Å². The SMILES string of the molecule is CC1CC(O)(Cc2ccc(F)cc2Cl)CCN1C. The molecule has 1 aromatic rings.